The Morgan fingerprint density at radius 2 is 1.16 bits per heavy atom. The van der Waals surface area contributed by atoms with Gasteiger partial charge in [-0.05, 0) is 12.1 Å². The lowest BCUT2D eigenvalue weighted by molar-refractivity contribution is 1.30. The van der Waals surface area contributed by atoms with Gasteiger partial charge in [0.2, 0.25) is 0 Å². The standard InChI is InChI=1S/C6H19NSi2.C5H5N.C2H7ClSi/c1-8(2,3)7-9(4,5)6;1-2-4-6-5-3-1;1-4(2)3/h7H,1-6H3;1-5H;4H,1-2H3. The Hall–Kier alpha value is 0.0506. The molecule has 1 heterocycles. The molecule has 0 saturated carbocycles. The van der Waals surface area contributed by atoms with Gasteiger partial charge in [0.05, 0.1) is 0 Å². The van der Waals surface area contributed by atoms with E-state index in [1.165, 1.54) is 0 Å². The van der Waals surface area contributed by atoms with Crippen LogP contribution in [0.3, 0.4) is 0 Å². The van der Waals surface area contributed by atoms with E-state index in [1.54, 1.807) is 12.4 Å². The normalized spacial score (nSPS) is 11.1. The molecule has 0 aliphatic carbocycles. The van der Waals surface area contributed by atoms with E-state index in [0.717, 1.165) is 0 Å². The number of pyridine rings is 1. The van der Waals surface area contributed by atoms with E-state index in [2.05, 4.69) is 62.0 Å². The first-order chi connectivity index (χ1) is 8.44. The summed E-state index contributed by atoms with van der Waals surface area (Å²) >= 11 is 5.41. The molecule has 0 aliphatic heterocycles. The highest BCUT2D eigenvalue weighted by Gasteiger charge is 2.22. The van der Waals surface area contributed by atoms with Crippen molar-refractivity contribution in [2.75, 3.05) is 0 Å². The van der Waals surface area contributed by atoms with Gasteiger partial charge in [0.25, 0.3) is 0 Å². The van der Waals surface area contributed by atoms with Gasteiger partial charge in [-0.2, -0.15) is 11.1 Å². The Labute approximate surface area is 128 Å². The highest BCUT2D eigenvalue weighted by molar-refractivity contribution is 7.05. The summed E-state index contributed by atoms with van der Waals surface area (Å²) < 4.78 is 3.74. The smallest absolute Gasteiger partial charge is 0.134 e. The van der Waals surface area contributed by atoms with E-state index in [-0.39, 0.29) is 0 Å². The van der Waals surface area contributed by atoms with Crippen LogP contribution in [0.2, 0.25) is 52.4 Å². The predicted molar refractivity (Wildman–Crippen MR) is 98.8 cm³/mol. The zero-order valence-electron chi connectivity index (χ0n) is 13.8. The van der Waals surface area contributed by atoms with Gasteiger partial charge in [-0.15, -0.1) is 0 Å². The fourth-order valence-corrected chi connectivity index (χ4v) is 10.4. The van der Waals surface area contributed by atoms with Crippen molar-refractivity contribution in [3.8, 4) is 0 Å². The van der Waals surface area contributed by atoms with Crippen molar-refractivity contribution in [1.29, 1.82) is 0 Å². The summed E-state index contributed by atoms with van der Waals surface area (Å²) in [5, 5.41) is 0. The molecule has 0 aliphatic rings. The molecule has 0 saturated heterocycles. The number of nitrogens with one attached hydrogen (secondary N) is 1. The summed E-state index contributed by atoms with van der Waals surface area (Å²) in [5.41, 5.74) is 0. The van der Waals surface area contributed by atoms with E-state index in [0.29, 0.717) is 0 Å². The molecule has 0 spiro atoms. The van der Waals surface area contributed by atoms with Gasteiger partial charge in [-0.25, -0.2) is 0 Å². The summed E-state index contributed by atoms with van der Waals surface area (Å²) in [6.45, 7) is 18.3. The third kappa shape index (κ3) is 32.0. The average molecular weight is 335 g/mol. The molecule has 6 heteroatoms. The van der Waals surface area contributed by atoms with Gasteiger partial charge >= 0.3 is 0 Å². The van der Waals surface area contributed by atoms with Crippen molar-refractivity contribution in [2.45, 2.75) is 52.4 Å². The van der Waals surface area contributed by atoms with Crippen LogP contribution in [-0.2, 0) is 0 Å². The largest absolute Gasteiger partial charge is 0.360 e. The topological polar surface area (TPSA) is 24.9 Å². The van der Waals surface area contributed by atoms with Gasteiger partial charge in [0.15, 0.2) is 0 Å². The molecule has 19 heavy (non-hydrogen) atoms. The second kappa shape index (κ2) is 10.8. The maximum absolute atomic E-state index is 5.41. The van der Waals surface area contributed by atoms with Crippen LogP contribution >= 0.6 is 11.1 Å². The van der Waals surface area contributed by atoms with Crippen LogP contribution in [-0.4, -0.2) is 29.6 Å². The third-order valence-corrected chi connectivity index (χ3v) is 7.32. The molecular formula is C13H31ClN2Si3. The maximum atomic E-state index is 5.41. The van der Waals surface area contributed by atoms with Gasteiger partial charge in [0, 0.05) is 12.4 Å². The van der Waals surface area contributed by atoms with Crippen LogP contribution in [0.5, 0.6) is 0 Å². The van der Waals surface area contributed by atoms with Crippen molar-refractivity contribution in [3.63, 3.8) is 0 Å². The Balaban J connectivity index is 0. The van der Waals surface area contributed by atoms with Gasteiger partial charge in [0.1, 0.15) is 24.6 Å². The molecule has 1 N–H and O–H groups in total. The van der Waals surface area contributed by atoms with E-state index in [4.69, 9.17) is 11.1 Å². The molecular weight excluding hydrogens is 304 g/mol. The highest BCUT2D eigenvalue weighted by Crippen LogP contribution is 2.02. The second-order valence-electron chi connectivity index (χ2n) is 6.66. The average Bonchev–Trinajstić information content (AvgIpc) is 2.14. The van der Waals surface area contributed by atoms with E-state index in [1.807, 2.05) is 18.2 Å². The van der Waals surface area contributed by atoms with Crippen LogP contribution in [0.25, 0.3) is 0 Å². The predicted octanol–water partition coefficient (Wildman–Crippen LogP) is 4.54. The fraction of sp³-hybridized carbons (Fsp3) is 0.615. The van der Waals surface area contributed by atoms with Crippen LogP contribution in [0.15, 0.2) is 30.6 Å². The lowest BCUT2D eigenvalue weighted by atomic mass is 10.5. The minimum Gasteiger partial charge on any atom is -0.360 e. The van der Waals surface area contributed by atoms with Crippen molar-refractivity contribution in [1.82, 2.24) is 9.63 Å². The lowest BCUT2D eigenvalue weighted by Gasteiger charge is -2.28. The Morgan fingerprint density at radius 1 is 0.842 bits per heavy atom. The monoisotopic (exact) mass is 334 g/mol. The first kappa shape index (κ1) is 21.4. The Morgan fingerprint density at radius 3 is 1.21 bits per heavy atom. The molecule has 1 rings (SSSR count). The second-order valence-corrected chi connectivity index (χ2v) is 21.3. The molecule has 1 aromatic rings. The van der Waals surface area contributed by atoms with E-state index in [9.17, 15) is 0 Å². The van der Waals surface area contributed by atoms with Crippen molar-refractivity contribution in [2.24, 2.45) is 0 Å². The van der Waals surface area contributed by atoms with Crippen molar-refractivity contribution in [3.05, 3.63) is 30.6 Å². The lowest BCUT2D eigenvalue weighted by Crippen LogP contribution is -2.55. The Kier molecular flexibility index (Phi) is 12.1. The zero-order chi connectivity index (χ0) is 15.5. The van der Waals surface area contributed by atoms with E-state index < -0.39 is 24.6 Å². The minimum atomic E-state index is -0.981. The summed E-state index contributed by atoms with van der Waals surface area (Å²) in [5.74, 6) is 0. The summed E-state index contributed by atoms with van der Waals surface area (Å²) in [4.78, 5) is 3.78. The number of halogens is 1. The summed E-state index contributed by atoms with van der Waals surface area (Å²) in [7, 11) is -2.63. The molecule has 112 valence electrons. The zero-order valence-corrected chi connectivity index (χ0v) is 17.7. The quantitative estimate of drug-likeness (QED) is 0.634. The SMILES string of the molecule is C[SiH](C)Cl.C[Si](C)(C)N[Si](C)(C)C.c1ccncc1. The minimum absolute atomic E-state index is 0.667. The molecule has 0 radical (unpaired) electrons. The number of rotatable bonds is 2. The molecule has 0 aromatic carbocycles. The molecule has 0 unspecified atom stereocenters. The van der Waals surface area contributed by atoms with Crippen LogP contribution < -0.4 is 4.65 Å². The first-order valence-corrected chi connectivity index (χ1v) is 17.8. The number of hydrogen-bond acceptors (Lipinski definition) is 2. The van der Waals surface area contributed by atoms with Crippen LogP contribution in [0.4, 0.5) is 0 Å². The number of aromatic nitrogens is 1. The first-order valence-electron chi connectivity index (χ1n) is 6.72. The Bertz CT molecular complexity index is 254. The number of hydrogen-bond donors (Lipinski definition) is 1. The van der Waals surface area contributed by atoms with Crippen molar-refractivity contribution >= 4 is 35.7 Å². The highest BCUT2D eigenvalue weighted by atomic mass is 35.6. The molecule has 2 nitrogen and oxygen atoms in total. The maximum Gasteiger partial charge on any atom is 0.134 e. The van der Waals surface area contributed by atoms with E-state index >= 15 is 0 Å². The molecule has 0 bridgehead atoms. The number of nitrogens with zero attached hydrogens (tertiary/aromatic N) is 1. The van der Waals surface area contributed by atoms with Gasteiger partial charge < -0.3 is 4.65 Å². The summed E-state index contributed by atoms with van der Waals surface area (Å²) in [6, 6.07) is 5.72. The third-order valence-electron chi connectivity index (χ3n) is 1.32. The molecule has 0 amide bonds. The molecule has 0 fully saturated rings. The molecule has 0 atom stereocenters. The summed E-state index contributed by atoms with van der Waals surface area (Å²) in [6.07, 6.45) is 3.50. The van der Waals surface area contributed by atoms with Crippen LogP contribution in [0, 0.1) is 0 Å². The van der Waals surface area contributed by atoms with Gasteiger partial charge in [-0.1, -0.05) is 58.4 Å². The van der Waals surface area contributed by atoms with Gasteiger partial charge in [-0.3, -0.25) is 4.98 Å². The van der Waals surface area contributed by atoms with Crippen molar-refractivity contribution < 1.29 is 0 Å². The van der Waals surface area contributed by atoms with Crippen LogP contribution in [0.1, 0.15) is 0 Å². The molecule has 1 aromatic heterocycles. The fourth-order valence-electron chi connectivity index (χ4n) is 1.44.